The van der Waals surface area contributed by atoms with Gasteiger partial charge in [-0.3, -0.25) is 4.79 Å². The molecular weight excluding hydrogens is 390 g/mol. The van der Waals surface area contributed by atoms with Crippen LogP contribution in [0.3, 0.4) is 0 Å². The van der Waals surface area contributed by atoms with Crippen molar-refractivity contribution in [3.05, 3.63) is 102 Å². The van der Waals surface area contributed by atoms with Crippen LogP contribution in [-0.2, 0) is 24.4 Å². The molecule has 6 nitrogen and oxygen atoms in total. The number of aromatic nitrogens is 2. The molecule has 31 heavy (non-hydrogen) atoms. The number of ether oxygens (including phenoxy) is 1. The lowest BCUT2D eigenvalue weighted by molar-refractivity contribution is 0.0205. The fourth-order valence-electron chi connectivity index (χ4n) is 3.47. The minimum atomic E-state index is -0.704. The first kappa shape index (κ1) is 20.8. The first-order chi connectivity index (χ1) is 15.2. The van der Waals surface area contributed by atoms with E-state index >= 15 is 0 Å². The molecule has 1 aromatic heterocycles. The molecule has 1 atom stereocenters. The Bertz CT molecular complexity index is 1130. The number of para-hydroxylation sites is 2. The Hall–Kier alpha value is -3.48. The van der Waals surface area contributed by atoms with E-state index in [1.54, 1.807) is 12.1 Å². The molecule has 4 rings (SSSR count). The Kier molecular flexibility index (Phi) is 6.72. The summed E-state index contributed by atoms with van der Waals surface area (Å²) in [5.74, 6) is 0.526. The Balaban J connectivity index is 1.42. The van der Waals surface area contributed by atoms with Gasteiger partial charge < -0.3 is 19.7 Å². The molecule has 0 saturated heterocycles. The van der Waals surface area contributed by atoms with Crippen LogP contribution in [0.5, 0.6) is 0 Å². The second-order valence-electron chi connectivity index (χ2n) is 7.33. The van der Waals surface area contributed by atoms with Crippen LogP contribution in [0.4, 0.5) is 0 Å². The highest BCUT2D eigenvalue weighted by Crippen LogP contribution is 2.17. The van der Waals surface area contributed by atoms with E-state index in [0.29, 0.717) is 24.5 Å². The summed E-state index contributed by atoms with van der Waals surface area (Å²) in [4.78, 5) is 17.1. The lowest BCUT2D eigenvalue weighted by Gasteiger charge is -2.15. The maximum absolute atomic E-state index is 12.4. The number of hydrogen-bond donors (Lipinski definition) is 2. The Morgan fingerprint density at radius 3 is 2.42 bits per heavy atom. The minimum Gasteiger partial charge on any atom is -0.389 e. The van der Waals surface area contributed by atoms with Gasteiger partial charge in [0.1, 0.15) is 5.82 Å². The summed E-state index contributed by atoms with van der Waals surface area (Å²) in [5.41, 5.74) is 3.39. The molecule has 0 spiro atoms. The first-order valence-electron chi connectivity index (χ1n) is 10.3. The standard InChI is InChI=1S/C25H25N3O3/c29-21(18-31-17-19-9-3-1-4-10-19)16-28-23-14-8-7-13-22(23)27-24(28)15-26-25(30)20-11-5-2-6-12-20/h1-14,21,29H,15-18H2,(H,26,30)/t21-/m0/s1. The van der Waals surface area contributed by atoms with Crippen LogP contribution < -0.4 is 5.32 Å². The van der Waals surface area contributed by atoms with Crippen LogP contribution in [0.15, 0.2) is 84.9 Å². The molecule has 0 fully saturated rings. The van der Waals surface area contributed by atoms with Crippen LogP contribution in [0.2, 0.25) is 0 Å². The van der Waals surface area contributed by atoms with E-state index in [1.165, 1.54) is 0 Å². The molecule has 0 saturated carbocycles. The number of imidazole rings is 1. The highest BCUT2D eigenvalue weighted by molar-refractivity contribution is 5.94. The van der Waals surface area contributed by atoms with Gasteiger partial charge in [-0.1, -0.05) is 60.7 Å². The van der Waals surface area contributed by atoms with E-state index < -0.39 is 6.10 Å². The normalized spacial score (nSPS) is 12.0. The number of aliphatic hydroxyl groups excluding tert-OH is 1. The molecule has 0 unspecified atom stereocenters. The molecule has 1 amide bonds. The summed E-state index contributed by atoms with van der Waals surface area (Å²) < 4.78 is 7.63. The monoisotopic (exact) mass is 415 g/mol. The number of carbonyl (C=O) groups excluding carboxylic acids is 1. The molecule has 6 heteroatoms. The summed E-state index contributed by atoms with van der Waals surface area (Å²) in [6.45, 7) is 1.24. The average molecular weight is 415 g/mol. The van der Waals surface area contributed by atoms with Crippen molar-refractivity contribution in [1.29, 1.82) is 0 Å². The number of nitrogens with zero attached hydrogens (tertiary/aromatic N) is 2. The van der Waals surface area contributed by atoms with Crippen molar-refractivity contribution in [2.45, 2.75) is 25.8 Å². The molecule has 1 heterocycles. The van der Waals surface area contributed by atoms with E-state index in [4.69, 9.17) is 4.74 Å². The molecule has 2 N–H and O–H groups in total. The predicted molar refractivity (Wildman–Crippen MR) is 119 cm³/mol. The number of carbonyl (C=O) groups is 1. The Morgan fingerprint density at radius 2 is 1.65 bits per heavy atom. The van der Waals surface area contributed by atoms with Crippen LogP contribution in [-0.4, -0.2) is 33.3 Å². The maximum Gasteiger partial charge on any atom is 0.251 e. The number of fused-ring (bicyclic) bond motifs is 1. The fourth-order valence-corrected chi connectivity index (χ4v) is 3.47. The SMILES string of the molecule is O=C(NCc1nc2ccccc2n1C[C@H](O)COCc1ccccc1)c1ccccc1. The zero-order valence-corrected chi connectivity index (χ0v) is 17.1. The highest BCUT2D eigenvalue weighted by Gasteiger charge is 2.15. The number of benzene rings is 3. The Labute approximate surface area is 181 Å². The number of nitrogens with one attached hydrogen (secondary N) is 1. The molecule has 0 radical (unpaired) electrons. The van der Waals surface area contributed by atoms with Gasteiger partial charge in [-0.05, 0) is 29.8 Å². The molecule has 0 aliphatic carbocycles. The summed E-state index contributed by atoms with van der Waals surface area (Å²) in [6.07, 6.45) is -0.704. The molecule has 0 aliphatic heterocycles. The zero-order chi connectivity index (χ0) is 21.5. The van der Waals surface area contributed by atoms with Gasteiger partial charge in [-0.2, -0.15) is 0 Å². The largest absolute Gasteiger partial charge is 0.389 e. The molecular formula is C25H25N3O3. The van der Waals surface area contributed by atoms with E-state index in [9.17, 15) is 9.90 Å². The predicted octanol–water partition coefficient (Wildman–Crippen LogP) is 3.54. The number of amides is 1. The van der Waals surface area contributed by atoms with Crippen molar-refractivity contribution in [2.24, 2.45) is 0 Å². The summed E-state index contributed by atoms with van der Waals surface area (Å²) in [5, 5.41) is 13.5. The van der Waals surface area contributed by atoms with Crippen LogP contribution in [0.1, 0.15) is 21.7 Å². The second-order valence-corrected chi connectivity index (χ2v) is 7.33. The summed E-state index contributed by atoms with van der Waals surface area (Å²) >= 11 is 0. The third-order valence-electron chi connectivity index (χ3n) is 4.99. The smallest absolute Gasteiger partial charge is 0.251 e. The van der Waals surface area contributed by atoms with Gasteiger partial charge in [0.2, 0.25) is 0 Å². The van der Waals surface area contributed by atoms with E-state index in [1.807, 2.05) is 77.4 Å². The van der Waals surface area contributed by atoms with Crippen LogP contribution in [0, 0.1) is 0 Å². The lowest BCUT2D eigenvalue weighted by Crippen LogP contribution is -2.27. The molecule has 3 aromatic carbocycles. The van der Waals surface area contributed by atoms with Gasteiger partial charge in [-0.15, -0.1) is 0 Å². The number of rotatable bonds is 9. The van der Waals surface area contributed by atoms with E-state index in [0.717, 1.165) is 16.6 Å². The van der Waals surface area contributed by atoms with Gasteiger partial charge in [0.05, 0.1) is 43.4 Å². The van der Waals surface area contributed by atoms with Crippen molar-refractivity contribution < 1.29 is 14.6 Å². The summed E-state index contributed by atoms with van der Waals surface area (Å²) in [6, 6.07) is 26.7. The first-order valence-corrected chi connectivity index (χ1v) is 10.3. The third kappa shape index (κ3) is 5.36. The third-order valence-corrected chi connectivity index (χ3v) is 4.99. The molecule has 4 aromatic rings. The van der Waals surface area contributed by atoms with Crippen LogP contribution >= 0.6 is 0 Å². The van der Waals surface area contributed by atoms with E-state index in [2.05, 4.69) is 10.3 Å². The quantitative estimate of drug-likeness (QED) is 0.438. The summed E-state index contributed by atoms with van der Waals surface area (Å²) in [7, 11) is 0. The van der Waals surface area contributed by atoms with Gasteiger partial charge in [0.25, 0.3) is 5.91 Å². The number of hydrogen-bond acceptors (Lipinski definition) is 4. The van der Waals surface area contributed by atoms with Crippen molar-refractivity contribution in [2.75, 3.05) is 6.61 Å². The second kappa shape index (κ2) is 10.0. The van der Waals surface area contributed by atoms with Crippen molar-refractivity contribution in [1.82, 2.24) is 14.9 Å². The lowest BCUT2D eigenvalue weighted by atomic mass is 10.2. The maximum atomic E-state index is 12.4. The minimum absolute atomic E-state index is 0.161. The van der Waals surface area contributed by atoms with Crippen molar-refractivity contribution >= 4 is 16.9 Å². The zero-order valence-electron chi connectivity index (χ0n) is 17.1. The van der Waals surface area contributed by atoms with Crippen molar-refractivity contribution in [3.63, 3.8) is 0 Å². The fraction of sp³-hybridized carbons (Fsp3) is 0.200. The molecule has 0 bridgehead atoms. The average Bonchev–Trinajstić information content (AvgIpc) is 3.16. The van der Waals surface area contributed by atoms with Gasteiger partial charge in [0.15, 0.2) is 0 Å². The van der Waals surface area contributed by atoms with Gasteiger partial charge >= 0.3 is 0 Å². The van der Waals surface area contributed by atoms with E-state index in [-0.39, 0.29) is 19.1 Å². The number of aliphatic hydroxyl groups is 1. The van der Waals surface area contributed by atoms with Gasteiger partial charge in [-0.25, -0.2) is 4.98 Å². The highest BCUT2D eigenvalue weighted by atomic mass is 16.5. The van der Waals surface area contributed by atoms with Crippen LogP contribution in [0.25, 0.3) is 11.0 Å². The molecule has 158 valence electrons. The molecule has 0 aliphatic rings. The van der Waals surface area contributed by atoms with Gasteiger partial charge in [0, 0.05) is 5.56 Å². The Morgan fingerprint density at radius 1 is 0.968 bits per heavy atom. The van der Waals surface area contributed by atoms with Crippen molar-refractivity contribution in [3.8, 4) is 0 Å². The topological polar surface area (TPSA) is 76.4 Å².